The highest BCUT2D eigenvalue weighted by molar-refractivity contribution is 8.00. The van der Waals surface area contributed by atoms with Crippen LogP contribution >= 0.6 is 11.8 Å². The molecule has 0 aliphatic heterocycles. The molecule has 3 heteroatoms. The zero-order valence-corrected chi connectivity index (χ0v) is 14.9. The van der Waals surface area contributed by atoms with Crippen molar-refractivity contribution in [1.82, 2.24) is 0 Å². The predicted octanol–water partition coefficient (Wildman–Crippen LogP) is 5.32. The monoisotopic (exact) mass is 328 g/mol. The lowest BCUT2D eigenvalue weighted by molar-refractivity contribution is -0.138. The number of rotatable bonds is 7. The largest absolute Gasteiger partial charge is 0.463 e. The third kappa shape index (κ3) is 4.87. The second kappa shape index (κ2) is 8.78. The highest BCUT2D eigenvalue weighted by atomic mass is 32.2. The molecule has 0 aliphatic carbocycles. The number of esters is 1. The molecule has 2 rings (SSSR count). The van der Waals surface area contributed by atoms with Crippen molar-refractivity contribution in [1.29, 1.82) is 0 Å². The maximum absolute atomic E-state index is 12.3. The Bertz CT molecular complexity index is 686. The van der Waals surface area contributed by atoms with Crippen LogP contribution in [0.3, 0.4) is 0 Å². The van der Waals surface area contributed by atoms with Gasteiger partial charge in [0.1, 0.15) is 0 Å². The van der Waals surface area contributed by atoms with Crippen LogP contribution in [0.2, 0.25) is 0 Å². The van der Waals surface area contributed by atoms with Gasteiger partial charge in [0.2, 0.25) is 0 Å². The van der Waals surface area contributed by atoms with E-state index in [0.29, 0.717) is 17.6 Å². The average Bonchev–Trinajstić information content (AvgIpc) is 2.58. The first-order valence-corrected chi connectivity index (χ1v) is 9.17. The number of benzene rings is 2. The van der Waals surface area contributed by atoms with Crippen LogP contribution in [-0.4, -0.2) is 23.6 Å². The smallest absolute Gasteiger partial charge is 0.334 e. The summed E-state index contributed by atoms with van der Waals surface area (Å²) in [6.45, 7) is 6.59. The van der Waals surface area contributed by atoms with Crippen molar-refractivity contribution in [3.8, 4) is 0 Å². The maximum atomic E-state index is 12.3. The number of fused-ring (bicyclic) bond motifs is 1. The molecular weight excluding hydrogens is 304 g/mol. The Morgan fingerprint density at radius 3 is 2.65 bits per heavy atom. The Balaban J connectivity index is 2.35. The summed E-state index contributed by atoms with van der Waals surface area (Å²) >= 11 is 1.79. The Hall–Kier alpha value is -1.74. The van der Waals surface area contributed by atoms with Gasteiger partial charge in [-0.3, -0.25) is 0 Å². The van der Waals surface area contributed by atoms with Gasteiger partial charge in [-0.25, -0.2) is 4.79 Å². The van der Waals surface area contributed by atoms with E-state index in [4.69, 9.17) is 4.74 Å². The summed E-state index contributed by atoms with van der Waals surface area (Å²) < 4.78 is 5.23. The number of carbonyl (C=O) groups excluding carboxylic acids is 1. The molecule has 0 aromatic heterocycles. The fourth-order valence-corrected chi connectivity index (χ4v) is 3.20. The van der Waals surface area contributed by atoms with Gasteiger partial charge >= 0.3 is 5.97 Å². The van der Waals surface area contributed by atoms with Crippen LogP contribution in [0.5, 0.6) is 0 Å². The molecule has 0 N–H and O–H groups in total. The molecule has 1 atom stereocenters. The average molecular weight is 328 g/mol. The SMILES string of the molecule is CCOC(=O)C(=Cc1cccc2ccccc12)CSC(C)CC. The number of hydrogen-bond acceptors (Lipinski definition) is 3. The van der Waals surface area contributed by atoms with Crippen LogP contribution in [0.15, 0.2) is 48.0 Å². The first-order valence-electron chi connectivity index (χ1n) is 8.12. The van der Waals surface area contributed by atoms with E-state index in [0.717, 1.165) is 22.9 Å². The van der Waals surface area contributed by atoms with Crippen molar-refractivity contribution < 1.29 is 9.53 Å². The Kier molecular flexibility index (Phi) is 6.72. The highest BCUT2D eigenvalue weighted by Gasteiger charge is 2.13. The van der Waals surface area contributed by atoms with Crippen LogP contribution in [0.25, 0.3) is 16.8 Å². The van der Waals surface area contributed by atoms with E-state index >= 15 is 0 Å². The Labute approximate surface area is 142 Å². The molecule has 23 heavy (non-hydrogen) atoms. The van der Waals surface area contributed by atoms with Gasteiger partial charge in [-0.1, -0.05) is 56.3 Å². The molecule has 122 valence electrons. The fraction of sp³-hybridized carbons (Fsp3) is 0.350. The zero-order chi connectivity index (χ0) is 16.7. The highest BCUT2D eigenvalue weighted by Crippen LogP contribution is 2.24. The summed E-state index contributed by atoms with van der Waals surface area (Å²) in [5.41, 5.74) is 1.80. The number of ether oxygens (including phenoxy) is 1. The fourth-order valence-electron chi connectivity index (χ4n) is 2.30. The first kappa shape index (κ1) is 17.6. The van der Waals surface area contributed by atoms with Gasteiger partial charge in [0.05, 0.1) is 6.61 Å². The van der Waals surface area contributed by atoms with Crippen molar-refractivity contribution in [3.63, 3.8) is 0 Å². The molecule has 0 amide bonds. The lowest BCUT2D eigenvalue weighted by Gasteiger charge is -2.11. The molecule has 0 radical (unpaired) electrons. The molecular formula is C20H24O2S. The summed E-state index contributed by atoms with van der Waals surface area (Å²) in [6, 6.07) is 14.4. The van der Waals surface area contributed by atoms with Gasteiger partial charge in [-0.05, 0) is 35.8 Å². The van der Waals surface area contributed by atoms with Crippen LogP contribution in [-0.2, 0) is 9.53 Å². The van der Waals surface area contributed by atoms with Gasteiger partial charge < -0.3 is 4.74 Å². The van der Waals surface area contributed by atoms with E-state index in [9.17, 15) is 4.79 Å². The maximum Gasteiger partial charge on any atom is 0.334 e. The van der Waals surface area contributed by atoms with Crippen LogP contribution in [0.4, 0.5) is 0 Å². The van der Waals surface area contributed by atoms with Crippen molar-refractivity contribution >= 4 is 34.6 Å². The molecule has 0 aliphatic rings. The van der Waals surface area contributed by atoms with E-state index in [1.807, 2.05) is 31.2 Å². The number of thioether (sulfide) groups is 1. The Morgan fingerprint density at radius 1 is 1.17 bits per heavy atom. The van der Waals surface area contributed by atoms with E-state index < -0.39 is 0 Å². The number of carbonyl (C=O) groups is 1. The molecule has 0 fully saturated rings. The molecule has 2 aromatic carbocycles. The summed E-state index contributed by atoms with van der Waals surface area (Å²) in [5, 5.41) is 2.87. The van der Waals surface area contributed by atoms with Gasteiger partial charge in [0.15, 0.2) is 0 Å². The summed E-state index contributed by atoms with van der Waals surface area (Å²) in [4.78, 5) is 12.3. The normalized spacial score (nSPS) is 13.1. The lowest BCUT2D eigenvalue weighted by Crippen LogP contribution is -2.11. The molecule has 2 nitrogen and oxygen atoms in total. The molecule has 0 saturated heterocycles. The second-order valence-electron chi connectivity index (χ2n) is 5.49. The van der Waals surface area contributed by atoms with E-state index in [1.165, 1.54) is 5.39 Å². The van der Waals surface area contributed by atoms with E-state index in [-0.39, 0.29) is 5.97 Å². The van der Waals surface area contributed by atoms with Gasteiger partial charge in [0, 0.05) is 16.6 Å². The summed E-state index contributed by atoms with van der Waals surface area (Å²) in [5.74, 6) is 0.466. The van der Waals surface area contributed by atoms with E-state index in [2.05, 4.69) is 38.1 Å². The molecule has 0 saturated carbocycles. The molecule has 0 bridgehead atoms. The first-order chi connectivity index (χ1) is 11.2. The third-order valence-corrected chi connectivity index (χ3v) is 5.17. The van der Waals surface area contributed by atoms with Crippen LogP contribution in [0.1, 0.15) is 32.8 Å². The summed E-state index contributed by atoms with van der Waals surface area (Å²) in [6.07, 6.45) is 3.07. The molecule has 0 heterocycles. The zero-order valence-electron chi connectivity index (χ0n) is 14.0. The van der Waals surface area contributed by atoms with Gasteiger partial charge in [-0.2, -0.15) is 11.8 Å². The standard InChI is InChI=1S/C20H24O2S/c1-4-15(3)23-14-18(20(21)22-5-2)13-17-11-8-10-16-9-6-7-12-19(16)17/h6-13,15H,4-5,14H2,1-3H3. The lowest BCUT2D eigenvalue weighted by atomic mass is 10.0. The minimum atomic E-state index is -0.212. The minimum Gasteiger partial charge on any atom is -0.463 e. The van der Waals surface area contributed by atoms with E-state index in [1.54, 1.807) is 11.8 Å². The third-order valence-electron chi connectivity index (χ3n) is 3.79. The second-order valence-corrected chi connectivity index (χ2v) is 6.92. The number of hydrogen-bond donors (Lipinski definition) is 0. The van der Waals surface area contributed by atoms with Crippen molar-refractivity contribution in [2.75, 3.05) is 12.4 Å². The summed E-state index contributed by atoms with van der Waals surface area (Å²) in [7, 11) is 0. The quantitative estimate of drug-likeness (QED) is 0.508. The van der Waals surface area contributed by atoms with Gasteiger partial charge in [0.25, 0.3) is 0 Å². The van der Waals surface area contributed by atoms with Crippen LogP contribution in [0, 0.1) is 0 Å². The predicted molar refractivity (Wildman–Crippen MR) is 101 cm³/mol. The van der Waals surface area contributed by atoms with Crippen molar-refractivity contribution in [2.24, 2.45) is 0 Å². The minimum absolute atomic E-state index is 0.212. The molecule has 2 aromatic rings. The van der Waals surface area contributed by atoms with Crippen LogP contribution < -0.4 is 0 Å². The Morgan fingerprint density at radius 2 is 1.91 bits per heavy atom. The molecule has 0 spiro atoms. The van der Waals surface area contributed by atoms with Gasteiger partial charge in [-0.15, -0.1) is 0 Å². The van der Waals surface area contributed by atoms with Crippen molar-refractivity contribution in [3.05, 3.63) is 53.6 Å². The van der Waals surface area contributed by atoms with Crippen molar-refractivity contribution in [2.45, 2.75) is 32.4 Å². The molecule has 1 unspecified atom stereocenters. The topological polar surface area (TPSA) is 26.3 Å².